The molecule has 0 aliphatic heterocycles. The molecule has 0 bridgehead atoms. The standard InChI is InChI=1S/C16H31N3O/c1-8-11-19-14(13(20-7)12-18-19)16(5,6)9-10-17-15(2,3)4/h12,17H,8-11H2,1-7H3. The van der Waals surface area contributed by atoms with Crippen LogP contribution >= 0.6 is 0 Å². The van der Waals surface area contributed by atoms with Gasteiger partial charge in [0, 0.05) is 17.5 Å². The van der Waals surface area contributed by atoms with Crippen molar-refractivity contribution in [3.8, 4) is 5.75 Å². The Kier molecular flexibility index (Phi) is 5.63. The average Bonchev–Trinajstić information content (AvgIpc) is 2.71. The van der Waals surface area contributed by atoms with Crippen molar-refractivity contribution in [2.24, 2.45) is 0 Å². The van der Waals surface area contributed by atoms with E-state index in [1.165, 1.54) is 5.69 Å². The third-order valence-electron chi connectivity index (χ3n) is 3.51. The predicted molar refractivity (Wildman–Crippen MR) is 84.5 cm³/mol. The van der Waals surface area contributed by atoms with E-state index < -0.39 is 0 Å². The second-order valence-corrected chi connectivity index (χ2v) is 7.10. The molecular weight excluding hydrogens is 250 g/mol. The van der Waals surface area contributed by atoms with E-state index in [1.807, 2.05) is 6.20 Å². The van der Waals surface area contributed by atoms with Gasteiger partial charge in [-0.3, -0.25) is 4.68 Å². The maximum atomic E-state index is 5.50. The minimum atomic E-state index is 0.0370. The summed E-state index contributed by atoms with van der Waals surface area (Å²) in [5.74, 6) is 0.902. The molecule has 0 amide bonds. The number of methoxy groups -OCH3 is 1. The quantitative estimate of drug-likeness (QED) is 0.833. The highest BCUT2D eigenvalue weighted by molar-refractivity contribution is 5.31. The molecule has 116 valence electrons. The van der Waals surface area contributed by atoms with Crippen molar-refractivity contribution in [1.29, 1.82) is 0 Å². The van der Waals surface area contributed by atoms with Crippen molar-refractivity contribution in [2.75, 3.05) is 13.7 Å². The molecule has 0 saturated heterocycles. The molecule has 0 radical (unpaired) electrons. The van der Waals surface area contributed by atoms with Crippen LogP contribution in [-0.2, 0) is 12.0 Å². The van der Waals surface area contributed by atoms with Gasteiger partial charge in [-0.05, 0) is 40.2 Å². The van der Waals surface area contributed by atoms with Crippen LogP contribution in [-0.4, -0.2) is 29.0 Å². The van der Waals surface area contributed by atoms with Crippen LogP contribution < -0.4 is 10.1 Å². The molecule has 4 nitrogen and oxygen atoms in total. The molecule has 0 unspecified atom stereocenters. The fourth-order valence-corrected chi connectivity index (χ4v) is 2.45. The summed E-state index contributed by atoms with van der Waals surface area (Å²) in [6.07, 6.45) is 3.97. The number of nitrogens with one attached hydrogen (secondary N) is 1. The van der Waals surface area contributed by atoms with Gasteiger partial charge in [0.2, 0.25) is 0 Å². The molecule has 1 aromatic rings. The van der Waals surface area contributed by atoms with E-state index in [4.69, 9.17) is 4.74 Å². The van der Waals surface area contributed by atoms with E-state index in [1.54, 1.807) is 7.11 Å². The van der Waals surface area contributed by atoms with E-state index in [-0.39, 0.29) is 11.0 Å². The lowest BCUT2D eigenvalue weighted by Crippen LogP contribution is -2.39. The van der Waals surface area contributed by atoms with Gasteiger partial charge in [0.1, 0.15) is 0 Å². The van der Waals surface area contributed by atoms with Crippen LogP contribution in [0.25, 0.3) is 0 Å². The summed E-state index contributed by atoms with van der Waals surface area (Å²) < 4.78 is 7.60. The summed E-state index contributed by atoms with van der Waals surface area (Å²) in [6, 6.07) is 0. The lowest BCUT2D eigenvalue weighted by molar-refractivity contribution is 0.343. The van der Waals surface area contributed by atoms with Crippen LogP contribution in [0.1, 0.15) is 60.1 Å². The SMILES string of the molecule is CCCn1ncc(OC)c1C(C)(C)CCNC(C)(C)C. The summed E-state index contributed by atoms with van der Waals surface area (Å²) in [4.78, 5) is 0. The lowest BCUT2D eigenvalue weighted by Gasteiger charge is -2.29. The number of hydrogen-bond acceptors (Lipinski definition) is 3. The predicted octanol–water partition coefficient (Wildman–Crippen LogP) is 3.36. The van der Waals surface area contributed by atoms with Gasteiger partial charge < -0.3 is 10.1 Å². The first-order valence-corrected chi connectivity index (χ1v) is 7.56. The molecule has 20 heavy (non-hydrogen) atoms. The molecule has 0 atom stereocenters. The van der Waals surface area contributed by atoms with Crippen molar-refractivity contribution in [3.63, 3.8) is 0 Å². The lowest BCUT2D eigenvalue weighted by atomic mass is 9.84. The summed E-state index contributed by atoms with van der Waals surface area (Å²) >= 11 is 0. The Morgan fingerprint density at radius 1 is 1.25 bits per heavy atom. The number of nitrogens with zero attached hydrogens (tertiary/aromatic N) is 2. The van der Waals surface area contributed by atoms with Crippen molar-refractivity contribution >= 4 is 0 Å². The number of hydrogen-bond donors (Lipinski definition) is 1. The van der Waals surface area contributed by atoms with Gasteiger partial charge in [0.15, 0.2) is 5.75 Å². The van der Waals surface area contributed by atoms with E-state index >= 15 is 0 Å². The highest BCUT2D eigenvalue weighted by atomic mass is 16.5. The second kappa shape index (κ2) is 6.61. The summed E-state index contributed by atoms with van der Waals surface area (Å²) in [5, 5.41) is 8.03. The van der Waals surface area contributed by atoms with Crippen LogP contribution in [0.3, 0.4) is 0 Å². The van der Waals surface area contributed by atoms with Crippen molar-refractivity contribution in [1.82, 2.24) is 15.1 Å². The topological polar surface area (TPSA) is 39.1 Å². The summed E-state index contributed by atoms with van der Waals surface area (Å²) in [7, 11) is 1.72. The van der Waals surface area contributed by atoms with Gasteiger partial charge in [-0.25, -0.2) is 0 Å². The van der Waals surface area contributed by atoms with Crippen molar-refractivity contribution < 1.29 is 4.74 Å². The Balaban J connectivity index is 2.87. The third kappa shape index (κ3) is 4.51. The molecule has 0 aliphatic rings. The van der Waals surface area contributed by atoms with Crippen LogP contribution in [0.15, 0.2) is 6.20 Å². The molecule has 4 heteroatoms. The normalized spacial score (nSPS) is 12.8. The smallest absolute Gasteiger partial charge is 0.160 e. The monoisotopic (exact) mass is 281 g/mol. The fourth-order valence-electron chi connectivity index (χ4n) is 2.45. The minimum Gasteiger partial charge on any atom is -0.493 e. The maximum absolute atomic E-state index is 5.50. The molecular formula is C16H31N3O. The molecule has 1 N–H and O–H groups in total. The third-order valence-corrected chi connectivity index (χ3v) is 3.51. The van der Waals surface area contributed by atoms with Crippen LogP contribution in [0.2, 0.25) is 0 Å². The zero-order valence-electron chi connectivity index (χ0n) is 14.2. The second-order valence-electron chi connectivity index (χ2n) is 7.10. The molecule has 0 saturated carbocycles. The summed E-state index contributed by atoms with van der Waals surface area (Å²) in [5.41, 5.74) is 1.40. The highest BCUT2D eigenvalue weighted by Crippen LogP contribution is 2.34. The Morgan fingerprint density at radius 3 is 2.40 bits per heavy atom. The number of aryl methyl sites for hydroxylation is 1. The Morgan fingerprint density at radius 2 is 1.90 bits per heavy atom. The van der Waals surface area contributed by atoms with Crippen LogP contribution in [0.5, 0.6) is 5.75 Å². The molecule has 0 fully saturated rings. The van der Waals surface area contributed by atoms with E-state index in [2.05, 4.69) is 56.6 Å². The van der Waals surface area contributed by atoms with Crippen LogP contribution in [0, 0.1) is 0 Å². The first kappa shape index (κ1) is 17.0. The van der Waals surface area contributed by atoms with Gasteiger partial charge in [-0.15, -0.1) is 0 Å². The highest BCUT2D eigenvalue weighted by Gasteiger charge is 2.29. The van der Waals surface area contributed by atoms with Gasteiger partial charge in [-0.1, -0.05) is 20.8 Å². The Bertz CT molecular complexity index is 416. The number of ether oxygens (including phenoxy) is 1. The maximum Gasteiger partial charge on any atom is 0.160 e. The van der Waals surface area contributed by atoms with E-state index in [0.29, 0.717) is 0 Å². The number of aromatic nitrogens is 2. The van der Waals surface area contributed by atoms with Gasteiger partial charge >= 0.3 is 0 Å². The first-order valence-electron chi connectivity index (χ1n) is 7.56. The molecule has 0 spiro atoms. The summed E-state index contributed by atoms with van der Waals surface area (Å²) in [6.45, 7) is 15.2. The number of rotatable bonds is 7. The molecule has 1 rings (SSSR count). The Labute approximate surface area is 123 Å². The van der Waals surface area contributed by atoms with Gasteiger partial charge in [0.05, 0.1) is 19.0 Å². The zero-order valence-corrected chi connectivity index (χ0v) is 14.2. The van der Waals surface area contributed by atoms with Gasteiger partial charge in [-0.2, -0.15) is 5.10 Å². The van der Waals surface area contributed by atoms with E-state index in [9.17, 15) is 0 Å². The van der Waals surface area contributed by atoms with Crippen LogP contribution in [0.4, 0.5) is 0 Å². The van der Waals surface area contributed by atoms with Gasteiger partial charge in [0.25, 0.3) is 0 Å². The zero-order chi connectivity index (χ0) is 15.4. The van der Waals surface area contributed by atoms with Crippen molar-refractivity contribution in [3.05, 3.63) is 11.9 Å². The molecule has 0 aromatic carbocycles. The fraction of sp³-hybridized carbons (Fsp3) is 0.812. The molecule has 1 heterocycles. The average molecular weight is 281 g/mol. The molecule has 1 aromatic heterocycles. The first-order chi connectivity index (χ1) is 9.21. The van der Waals surface area contributed by atoms with Crippen molar-refractivity contribution in [2.45, 2.75) is 71.9 Å². The minimum absolute atomic E-state index is 0.0370. The molecule has 0 aliphatic carbocycles. The van der Waals surface area contributed by atoms with E-state index in [0.717, 1.165) is 31.7 Å². The largest absolute Gasteiger partial charge is 0.493 e. The Hall–Kier alpha value is -1.03.